The summed E-state index contributed by atoms with van der Waals surface area (Å²) >= 11 is 0. The van der Waals surface area contributed by atoms with Gasteiger partial charge in [-0.3, -0.25) is 4.79 Å². The number of ether oxygens (including phenoxy) is 1. The zero-order valence-electron chi connectivity index (χ0n) is 17.1. The molecule has 0 atom stereocenters. The van der Waals surface area contributed by atoms with Crippen LogP contribution in [-0.2, 0) is 4.74 Å². The van der Waals surface area contributed by atoms with Crippen molar-refractivity contribution in [2.75, 3.05) is 13.6 Å². The predicted molar refractivity (Wildman–Crippen MR) is 108 cm³/mol. The Kier molecular flexibility index (Phi) is 7.49. The van der Waals surface area contributed by atoms with E-state index in [1.54, 1.807) is 36.2 Å². The molecule has 3 N–H and O–H groups in total. The molecule has 1 fully saturated rings. The van der Waals surface area contributed by atoms with Crippen LogP contribution in [0.15, 0.2) is 24.3 Å². The van der Waals surface area contributed by atoms with Gasteiger partial charge in [-0.05, 0) is 70.0 Å². The number of rotatable bonds is 5. The van der Waals surface area contributed by atoms with E-state index >= 15 is 0 Å². The van der Waals surface area contributed by atoms with E-state index in [2.05, 4.69) is 5.32 Å². The summed E-state index contributed by atoms with van der Waals surface area (Å²) in [6.45, 7) is 6.18. The molecule has 0 saturated heterocycles. The molecule has 0 spiro atoms. The highest BCUT2D eigenvalue weighted by Crippen LogP contribution is 2.25. The van der Waals surface area contributed by atoms with Gasteiger partial charge >= 0.3 is 13.2 Å². The Bertz CT molecular complexity index is 664. The lowest BCUT2D eigenvalue weighted by atomic mass is 9.80. The lowest BCUT2D eigenvalue weighted by Gasteiger charge is -2.32. The largest absolute Gasteiger partial charge is 0.488 e. The molecule has 2 amide bonds. The third-order valence-corrected chi connectivity index (χ3v) is 4.90. The van der Waals surface area contributed by atoms with Gasteiger partial charge < -0.3 is 25.0 Å². The lowest BCUT2D eigenvalue weighted by Crippen LogP contribution is -2.42. The van der Waals surface area contributed by atoms with Crippen LogP contribution in [0.3, 0.4) is 0 Å². The highest BCUT2D eigenvalue weighted by molar-refractivity contribution is 6.58. The Morgan fingerprint density at radius 3 is 2.21 bits per heavy atom. The van der Waals surface area contributed by atoms with Crippen molar-refractivity contribution in [3.8, 4) is 0 Å². The topological polar surface area (TPSA) is 99.1 Å². The smallest absolute Gasteiger partial charge is 0.444 e. The third kappa shape index (κ3) is 6.84. The van der Waals surface area contributed by atoms with Crippen LogP contribution in [0.2, 0.25) is 0 Å². The maximum atomic E-state index is 12.6. The Hall–Kier alpha value is -2.06. The molecule has 1 aliphatic carbocycles. The van der Waals surface area contributed by atoms with Crippen LogP contribution >= 0.6 is 0 Å². The van der Waals surface area contributed by atoms with E-state index in [9.17, 15) is 9.59 Å². The number of hydrogen-bond acceptors (Lipinski definition) is 5. The Labute approximate surface area is 167 Å². The van der Waals surface area contributed by atoms with Gasteiger partial charge in [0.05, 0.1) is 0 Å². The van der Waals surface area contributed by atoms with Gasteiger partial charge in [-0.1, -0.05) is 12.1 Å². The highest BCUT2D eigenvalue weighted by atomic mass is 16.6. The van der Waals surface area contributed by atoms with Gasteiger partial charge in [0, 0.05) is 25.2 Å². The first-order chi connectivity index (χ1) is 13.0. The molecule has 0 unspecified atom stereocenters. The second kappa shape index (κ2) is 9.43. The summed E-state index contributed by atoms with van der Waals surface area (Å²) in [5.74, 6) is 0.303. The summed E-state index contributed by atoms with van der Waals surface area (Å²) in [7, 11) is 0.244. The van der Waals surface area contributed by atoms with Gasteiger partial charge in [0.1, 0.15) is 5.60 Å². The van der Waals surface area contributed by atoms with Gasteiger partial charge in [0.2, 0.25) is 0 Å². The van der Waals surface area contributed by atoms with Crippen LogP contribution in [0.4, 0.5) is 4.79 Å². The average Bonchev–Trinajstić information content (AvgIpc) is 2.61. The van der Waals surface area contributed by atoms with E-state index in [0.717, 1.165) is 25.7 Å². The molecular formula is C20H31BN2O5. The van der Waals surface area contributed by atoms with Gasteiger partial charge in [-0.15, -0.1) is 0 Å². The van der Waals surface area contributed by atoms with Crippen molar-refractivity contribution in [3.05, 3.63) is 29.8 Å². The van der Waals surface area contributed by atoms with Crippen molar-refractivity contribution >= 4 is 24.6 Å². The van der Waals surface area contributed by atoms with Crippen LogP contribution in [0.25, 0.3) is 0 Å². The van der Waals surface area contributed by atoms with E-state index in [4.69, 9.17) is 14.8 Å². The number of alkyl carbamates (subject to hydrolysis) is 1. The first-order valence-corrected chi connectivity index (χ1v) is 9.76. The molecule has 154 valence electrons. The summed E-state index contributed by atoms with van der Waals surface area (Å²) < 4.78 is 5.30. The minimum Gasteiger partial charge on any atom is -0.444 e. The second-order valence-corrected chi connectivity index (χ2v) is 8.55. The fourth-order valence-electron chi connectivity index (χ4n) is 3.45. The van der Waals surface area contributed by atoms with Crippen LogP contribution in [0, 0.1) is 5.92 Å². The minimum absolute atomic E-state index is 0.0898. The Balaban J connectivity index is 1.78. The molecule has 1 aromatic carbocycles. The summed E-state index contributed by atoms with van der Waals surface area (Å²) in [4.78, 5) is 26.2. The number of amides is 2. The lowest BCUT2D eigenvalue weighted by molar-refractivity contribution is 0.0485. The molecule has 0 bridgehead atoms. The first kappa shape index (κ1) is 22.2. The van der Waals surface area contributed by atoms with Crippen molar-refractivity contribution in [2.24, 2.45) is 5.92 Å². The van der Waals surface area contributed by atoms with Crippen molar-refractivity contribution in [1.82, 2.24) is 10.2 Å². The zero-order valence-corrected chi connectivity index (χ0v) is 17.1. The molecule has 0 aromatic heterocycles. The molecule has 28 heavy (non-hydrogen) atoms. The van der Waals surface area contributed by atoms with Crippen molar-refractivity contribution < 1.29 is 24.4 Å². The SMILES string of the molecule is CN(C[C@H]1CC[C@H](NC(=O)OC(C)(C)C)CC1)C(=O)c1ccc(B(O)O)cc1. The molecule has 8 heteroatoms. The fraction of sp³-hybridized carbons (Fsp3) is 0.600. The maximum absolute atomic E-state index is 12.6. The first-order valence-electron chi connectivity index (χ1n) is 9.76. The quantitative estimate of drug-likeness (QED) is 0.663. The average molecular weight is 390 g/mol. The highest BCUT2D eigenvalue weighted by Gasteiger charge is 2.26. The van der Waals surface area contributed by atoms with Crippen molar-refractivity contribution in [2.45, 2.75) is 58.1 Å². The van der Waals surface area contributed by atoms with Gasteiger partial charge in [0.25, 0.3) is 5.91 Å². The number of benzene rings is 1. The molecule has 0 radical (unpaired) electrons. The maximum Gasteiger partial charge on any atom is 0.488 e. The van der Waals surface area contributed by atoms with E-state index < -0.39 is 12.7 Å². The van der Waals surface area contributed by atoms with E-state index in [-0.39, 0.29) is 18.0 Å². The van der Waals surface area contributed by atoms with E-state index in [1.165, 1.54) is 0 Å². The molecule has 1 aliphatic rings. The summed E-state index contributed by atoms with van der Waals surface area (Å²) in [5.41, 5.74) is 0.375. The standard InChI is InChI=1S/C20H31BN2O5/c1-20(2,3)28-19(25)22-17-11-5-14(6-12-17)13-23(4)18(24)15-7-9-16(10-8-15)21(26)27/h7-10,14,17,26-27H,5-6,11-13H2,1-4H3,(H,22,25)/t14-,17-. The summed E-state index contributed by atoms with van der Waals surface area (Å²) in [6.07, 6.45) is 3.24. The molecule has 2 rings (SSSR count). The summed E-state index contributed by atoms with van der Waals surface area (Å²) in [5, 5.41) is 21.2. The van der Waals surface area contributed by atoms with Gasteiger partial charge in [-0.2, -0.15) is 0 Å². The number of hydrogen-bond donors (Lipinski definition) is 3. The molecule has 1 aromatic rings. The van der Waals surface area contributed by atoms with Gasteiger partial charge in [0.15, 0.2) is 0 Å². The third-order valence-electron chi connectivity index (χ3n) is 4.90. The molecular weight excluding hydrogens is 359 g/mol. The van der Waals surface area contributed by atoms with Crippen LogP contribution in [-0.4, -0.2) is 59.3 Å². The molecule has 0 aliphatic heterocycles. The van der Waals surface area contributed by atoms with Crippen LogP contribution in [0.1, 0.15) is 56.8 Å². The molecule has 1 saturated carbocycles. The van der Waals surface area contributed by atoms with Crippen LogP contribution in [0.5, 0.6) is 0 Å². The predicted octanol–water partition coefficient (Wildman–Crippen LogP) is 1.52. The van der Waals surface area contributed by atoms with Crippen LogP contribution < -0.4 is 10.8 Å². The second-order valence-electron chi connectivity index (χ2n) is 8.55. The van der Waals surface area contributed by atoms with Crippen molar-refractivity contribution in [3.63, 3.8) is 0 Å². The van der Waals surface area contributed by atoms with E-state index in [1.807, 2.05) is 20.8 Å². The Morgan fingerprint density at radius 2 is 1.71 bits per heavy atom. The Morgan fingerprint density at radius 1 is 1.14 bits per heavy atom. The number of carbonyl (C=O) groups is 2. The number of nitrogens with zero attached hydrogens (tertiary/aromatic N) is 1. The normalized spacial score (nSPS) is 19.6. The van der Waals surface area contributed by atoms with Crippen molar-refractivity contribution in [1.29, 1.82) is 0 Å². The molecule has 0 heterocycles. The summed E-state index contributed by atoms with van der Waals surface area (Å²) in [6, 6.07) is 6.41. The monoisotopic (exact) mass is 390 g/mol. The molecule has 7 nitrogen and oxygen atoms in total. The van der Waals surface area contributed by atoms with E-state index in [0.29, 0.717) is 23.5 Å². The zero-order chi connectivity index (χ0) is 20.9. The minimum atomic E-state index is -1.54. The number of carbonyl (C=O) groups excluding carboxylic acids is 2. The van der Waals surface area contributed by atoms with Gasteiger partial charge in [-0.25, -0.2) is 4.79 Å². The fourth-order valence-corrected chi connectivity index (χ4v) is 3.45. The number of nitrogens with one attached hydrogen (secondary N) is 1.